The lowest BCUT2D eigenvalue weighted by Gasteiger charge is -2.27. The quantitative estimate of drug-likeness (QED) is 0.151. The summed E-state index contributed by atoms with van der Waals surface area (Å²) < 4.78 is 239. The van der Waals surface area contributed by atoms with Crippen LogP contribution < -0.4 is 9.80 Å². The Balaban J connectivity index is 1.19. The second-order valence-corrected chi connectivity index (χ2v) is 20.5. The third kappa shape index (κ3) is 6.57. The van der Waals surface area contributed by atoms with Gasteiger partial charge in [-0.15, -0.1) is 0 Å². The van der Waals surface area contributed by atoms with Crippen LogP contribution in [-0.2, 0) is 10.8 Å². The Kier molecular flexibility index (Phi) is 5.40. The summed E-state index contributed by atoms with van der Waals surface area (Å²) in [5, 5.41) is 2.98. The fraction of sp³-hybridized carbons (Fsp3) is 0.206. The van der Waals surface area contributed by atoms with Crippen molar-refractivity contribution in [1.29, 1.82) is 0 Å². The zero-order chi connectivity index (χ0) is 71.8. The minimum Gasteiger partial charge on any atom is -0.310 e. The molecule has 13 aromatic rings. The number of para-hydroxylation sites is 2. The van der Waals surface area contributed by atoms with E-state index in [9.17, 15) is 16.4 Å². The fourth-order valence-electron chi connectivity index (χ4n) is 10.5. The molecular weight excluding hydrogens is 873 g/mol. The topological polar surface area (TPSA) is 15.3 Å². The molecule has 0 saturated heterocycles. The van der Waals surface area contributed by atoms with Gasteiger partial charge < -0.3 is 18.6 Å². The van der Waals surface area contributed by atoms with Gasteiger partial charge in [-0.2, -0.15) is 0 Å². The highest BCUT2D eigenvalue weighted by molar-refractivity contribution is 6.32. The van der Waals surface area contributed by atoms with Gasteiger partial charge in [0.25, 0.3) is 0 Å². The molecule has 72 heavy (non-hydrogen) atoms. The minimum atomic E-state index is -3.69. The van der Waals surface area contributed by atoms with E-state index in [0.29, 0.717) is 65.4 Å². The van der Waals surface area contributed by atoms with E-state index >= 15 is 0 Å². The van der Waals surface area contributed by atoms with Crippen LogP contribution >= 0.6 is 0 Å². The zero-order valence-electron chi connectivity index (χ0n) is 66.2. The molecule has 0 spiro atoms. The molecule has 0 aliphatic carbocycles. The van der Waals surface area contributed by atoms with Crippen LogP contribution in [0.5, 0.6) is 0 Å². The molecule has 0 radical (unpaired) electrons. The molecule has 4 aromatic heterocycles. The summed E-state index contributed by atoms with van der Waals surface area (Å²) in [6.45, 7) is -2.76. The van der Waals surface area contributed by atoms with Crippen LogP contribution in [0.1, 0.15) is 139 Å². The first kappa shape index (κ1) is 24.5. The Hall–Kier alpha value is -7.82. The lowest BCUT2D eigenvalue weighted by atomic mass is 9.86. The summed E-state index contributed by atoms with van der Waals surface area (Å²) in [4.78, 5) is 2.57. The van der Waals surface area contributed by atoms with Crippen LogP contribution in [0.15, 0.2) is 182 Å². The van der Waals surface area contributed by atoms with Gasteiger partial charge in [-0.05, 0) is 142 Å². The standard InChI is InChI=1S/C68H62N4/c1-41(2)43-21-27-49(28-22-43)69(47-17-13-11-14-18-47)59-35-31-51-53-39-62-54(40-61(53)71-57-33-25-45(67(5,6)7)37-55(57)63(59)65(51)71)52-32-36-60(64-56-38-46(68(8,9)10)26-34-58(56)72(62)66(52)64)70(48-19-15-12-16-20-48)50-29-23-44(24-30-50)42(3)4/h11-42H,1-10H3/i1D3,2D3,3D3,4D3,21D,22D,23D,24D,27D,28D,29D,30D,31D,32D,35D,36D,41D,42D. The number of fused-ring (bicyclic) bond motifs is 12. The summed E-state index contributed by atoms with van der Waals surface area (Å²) in [6, 6.07) is 21.5. The van der Waals surface area contributed by atoms with Gasteiger partial charge in [0, 0.05) is 85.0 Å². The lowest BCUT2D eigenvalue weighted by molar-refractivity contribution is 0.591. The highest BCUT2D eigenvalue weighted by atomic mass is 15.2. The summed E-state index contributed by atoms with van der Waals surface area (Å²) >= 11 is 0. The van der Waals surface area contributed by atoms with Crippen molar-refractivity contribution in [1.82, 2.24) is 8.80 Å². The van der Waals surface area contributed by atoms with Gasteiger partial charge in [0.2, 0.25) is 0 Å². The maximum atomic E-state index is 10.4. The van der Waals surface area contributed by atoms with Crippen molar-refractivity contribution in [2.24, 2.45) is 0 Å². The van der Waals surface area contributed by atoms with Gasteiger partial charge >= 0.3 is 0 Å². The third-order valence-electron chi connectivity index (χ3n) is 14.0. The predicted octanol–water partition coefficient (Wildman–Crippen LogP) is 19.8. The third-order valence-corrected chi connectivity index (χ3v) is 14.0. The minimum absolute atomic E-state index is 0.0988. The summed E-state index contributed by atoms with van der Waals surface area (Å²) in [5.41, 5.74) is 0.0188. The molecule has 9 aromatic carbocycles. The highest BCUT2D eigenvalue weighted by Crippen LogP contribution is 2.52. The van der Waals surface area contributed by atoms with E-state index < -0.39 is 133 Å². The number of hydrogen-bond acceptors (Lipinski definition) is 2. The molecule has 0 bridgehead atoms. The first-order valence-electron chi connectivity index (χ1n) is 36.6. The summed E-state index contributed by atoms with van der Waals surface area (Å²) in [6.07, 6.45) is 0. The molecule has 0 unspecified atom stereocenters. The number of anilines is 6. The van der Waals surface area contributed by atoms with Gasteiger partial charge in [-0.25, -0.2) is 0 Å². The van der Waals surface area contributed by atoms with Crippen molar-refractivity contribution in [2.75, 3.05) is 9.80 Å². The van der Waals surface area contributed by atoms with Gasteiger partial charge in [0.1, 0.15) is 0 Å². The molecule has 4 heteroatoms. The highest BCUT2D eigenvalue weighted by Gasteiger charge is 2.29. The maximum absolute atomic E-state index is 10.4. The van der Waals surface area contributed by atoms with Gasteiger partial charge in [0.05, 0.1) is 60.9 Å². The van der Waals surface area contributed by atoms with Crippen LogP contribution in [0.2, 0.25) is 0 Å². The van der Waals surface area contributed by atoms with Crippen molar-refractivity contribution in [3.8, 4) is 0 Å². The monoisotopic (exact) mass is 961 g/mol. The Labute approximate surface area is 459 Å². The van der Waals surface area contributed by atoms with Gasteiger partial charge in [-0.3, -0.25) is 0 Å². The van der Waals surface area contributed by atoms with Crippen molar-refractivity contribution in [3.05, 3.63) is 204 Å². The SMILES string of the molecule is [2H]c1c([2H])c(C([2H])(C([2H])([2H])[2H])C([2H])([2H])[2H])c([2H])c([2H])c1N(c1ccccc1)c1c([2H])c([2H])c2c3cc4c(cc3n3c5ccc(C(C)(C)C)cc5c1c23)c1c([2H])c([2H])c(N(c2ccccc2)c2c([2H])c([2H])c(C([2H])(C([2H])([2H])[2H])C([2H])([2H])[2H])c([2H])c2[2H])c2c3cc(C(C)(C)C)ccc3n4c12. The van der Waals surface area contributed by atoms with E-state index in [1.54, 1.807) is 60.7 Å². The van der Waals surface area contributed by atoms with Gasteiger partial charge in [0.15, 0.2) is 0 Å². The largest absolute Gasteiger partial charge is 0.310 e. The molecule has 0 N–H and O–H groups in total. The number of rotatable bonds is 8. The van der Waals surface area contributed by atoms with Gasteiger partial charge in [-0.1, -0.05) is 154 Å². The van der Waals surface area contributed by atoms with Crippen molar-refractivity contribution < 1.29 is 35.6 Å². The lowest BCUT2D eigenvalue weighted by Crippen LogP contribution is -2.11. The van der Waals surface area contributed by atoms with E-state index in [1.807, 2.05) is 98.9 Å². The molecule has 0 aliphatic heterocycles. The van der Waals surface area contributed by atoms with Crippen molar-refractivity contribution in [2.45, 2.75) is 91.6 Å². The molecule has 354 valence electrons. The number of nitrogens with zero attached hydrogens (tertiary/aromatic N) is 4. The molecule has 0 fully saturated rings. The summed E-state index contributed by atoms with van der Waals surface area (Å²) in [5.74, 6) is -7.30. The fourth-order valence-corrected chi connectivity index (χ4v) is 10.5. The maximum Gasteiger partial charge on any atom is 0.0645 e. The van der Waals surface area contributed by atoms with Crippen molar-refractivity contribution >= 4 is 110 Å². The zero-order valence-corrected chi connectivity index (χ0v) is 40.2. The number of hydrogen-bond donors (Lipinski definition) is 0. The van der Waals surface area contributed by atoms with E-state index in [0.717, 1.165) is 11.1 Å². The first-order valence-corrected chi connectivity index (χ1v) is 23.6. The first-order chi connectivity index (χ1) is 45.3. The van der Waals surface area contributed by atoms with E-state index in [4.69, 9.17) is 19.2 Å². The van der Waals surface area contributed by atoms with E-state index in [1.165, 1.54) is 9.80 Å². The van der Waals surface area contributed by atoms with E-state index in [2.05, 4.69) is 0 Å². The number of aromatic nitrogens is 2. The molecular formula is C68H62N4. The molecule has 0 aliphatic rings. The van der Waals surface area contributed by atoms with Crippen LogP contribution in [0.4, 0.5) is 34.1 Å². The average Bonchev–Trinajstić information content (AvgIpc) is 1.48. The molecule has 0 amide bonds. The molecule has 13 rings (SSSR count). The Morgan fingerprint density at radius 1 is 0.403 bits per heavy atom. The Morgan fingerprint density at radius 2 is 0.792 bits per heavy atom. The number of benzene rings is 9. The second-order valence-electron chi connectivity index (χ2n) is 20.5. The van der Waals surface area contributed by atoms with Crippen LogP contribution in [0.25, 0.3) is 76.2 Å². The molecule has 4 heterocycles. The molecule has 0 saturated carbocycles. The smallest absolute Gasteiger partial charge is 0.0645 e. The summed E-state index contributed by atoms with van der Waals surface area (Å²) in [7, 11) is 0. The molecule has 0 atom stereocenters. The normalized spacial score (nSPS) is 19.0. The Bertz CT molecular complexity index is 5110. The average molecular weight is 961 g/mol. The molecule has 4 nitrogen and oxygen atoms in total. The van der Waals surface area contributed by atoms with E-state index in [-0.39, 0.29) is 45.6 Å². The predicted molar refractivity (Wildman–Crippen MR) is 311 cm³/mol. The van der Waals surface area contributed by atoms with Crippen LogP contribution in [0, 0.1) is 0 Å². The van der Waals surface area contributed by atoms with Crippen LogP contribution in [-0.4, -0.2) is 8.80 Å². The van der Waals surface area contributed by atoms with Crippen LogP contribution in [0.3, 0.4) is 0 Å². The second kappa shape index (κ2) is 15.8. The van der Waals surface area contributed by atoms with Crippen molar-refractivity contribution in [3.63, 3.8) is 0 Å². The Morgan fingerprint density at radius 3 is 1.15 bits per heavy atom.